The third-order valence-corrected chi connectivity index (χ3v) is 10.7. The minimum absolute atomic E-state index is 0.0259. The summed E-state index contributed by atoms with van der Waals surface area (Å²) in [5.41, 5.74) is 6.36. The second-order valence-electron chi connectivity index (χ2n) is 13.1. The molecule has 10 nitrogen and oxygen atoms in total. The second-order valence-corrected chi connectivity index (χ2v) is 14.1. The number of aromatic nitrogens is 4. The lowest BCUT2D eigenvalue weighted by Crippen LogP contribution is -2.49. The zero-order valence-corrected chi connectivity index (χ0v) is 30.3. The number of ether oxygens (including phenoxy) is 1. The van der Waals surface area contributed by atoms with Gasteiger partial charge in [-0.05, 0) is 73.7 Å². The Morgan fingerprint density at radius 2 is 1.80 bits per heavy atom. The maximum atomic E-state index is 16.8. The highest BCUT2D eigenvalue weighted by Gasteiger charge is 2.29. The number of carbonyl (C=O) groups excluding carboxylic acids is 2. The Hall–Kier alpha value is -5.10. The lowest BCUT2D eigenvalue weighted by atomic mass is 9.91. The van der Waals surface area contributed by atoms with E-state index in [-0.39, 0.29) is 17.3 Å². The number of hydrogen-bond acceptors (Lipinski definition) is 8. The molecule has 2 aliphatic heterocycles. The van der Waals surface area contributed by atoms with E-state index in [1.54, 1.807) is 35.6 Å². The molecule has 2 amide bonds. The lowest BCUT2D eigenvalue weighted by Gasteiger charge is -2.35. The summed E-state index contributed by atoms with van der Waals surface area (Å²) in [7, 11) is 1.63. The van der Waals surface area contributed by atoms with Gasteiger partial charge in [0.15, 0.2) is 17.4 Å². The molecule has 6 heterocycles. The number of hydrogen-bond donors (Lipinski definition) is 1. The molecule has 4 aromatic heterocycles. The summed E-state index contributed by atoms with van der Waals surface area (Å²) < 4.78 is 22.3. The maximum absolute atomic E-state index is 16.8. The number of methoxy groups -OCH3 is 1. The Morgan fingerprint density at radius 1 is 0.980 bits per heavy atom. The third-order valence-electron chi connectivity index (χ3n) is 9.83. The van der Waals surface area contributed by atoms with Crippen LogP contribution in [0.4, 0.5) is 10.2 Å². The standard InChI is InChI=1S/C39H42FN7O3S/c1-5-26-19-25(3)42-22-31(26)29-20-28(27-7-6-13-47(23-27)35(48)11-10-34-41-12-18-51-34)36(40)37-30(29)21-32(44-37)39(49)46-16-14-45(15-17-46)38-33(50-4)9-8-24(2)43-38/h7-9,12,18-22,44H,5-6,10-11,13-17,23H2,1-4H3. The molecule has 0 bridgehead atoms. The molecule has 1 N–H and O–H groups in total. The first-order valence-corrected chi connectivity index (χ1v) is 18.3. The van der Waals surface area contributed by atoms with Crippen molar-refractivity contribution in [2.75, 3.05) is 51.3 Å². The van der Waals surface area contributed by atoms with Crippen molar-refractivity contribution >= 4 is 45.4 Å². The first kappa shape index (κ1) is 34.4. The van der Waals surface area contributed by atoms with E-state index in [4.69, 9.17) is 4.74 Å². The number of fused-ring (bicyclic) bond motifs is 1. The molecule has 12 heteroatoms. The number of pyridine rings is 2. The molecule has 0 unspecified atom stereocenters. The quantitative estimate of drug-likeness (QED) is 0.184. The largest absolute Gasteiger partial charge is 0.493 e. The summed E-state index contributed by atoms with van der Waals surface area (Å²) in [5, 5.41) is 3.46. The van der Waals surface area contributed by atoms with Crippen LogP contribution in [0.15, 0.2) is 54.2 Å². The molecular weight excluding hydrogens is 666 g/mol. The van der Waals surface area contributed by atoms with Crippen LogP contribution in [0.1, 0.15) is 57.8 Å². The van der Waals surface area contributed by atoms with E-state index < -0.39 is 5.82 Å². The van der Waals surface area contributed by atoms with Gasteiger partial charge in [0.25, 0.3) is 5.91 Å². The maximum Gasteiger partial charge on any atom is 0.270 e. The number of piperazine rings is 1. The van der Waals surface area contributed by atoms with E-state index in [1.165, 1.54) is 0 Å². The highest BCUT2D eigenvalue weighted by molar-refractivity contribution is 7.09. The number of rotatable bonds is 9. The predicted molar refractivity (Wildman–Crippen MR) is 199 cm³/mol. The number of amides is 2. The van der Waals surface area contributed by atoms with Crippen LogP contribution in [0.5, 0.6) is 5.75 Å². The minimum atomic E-state index is -0.434. The number of H-pyrrole nitrogens is 1. The smallest absolute Gasteiger partial charge is 0.270 e. The van der Waals surface area contributed by atoms with Gasteiger partial charge in [-0.25, -0.2) is 14.4 Å². The third kappa shape index (κ3) is 6.97. The topological polar surface area (TPSA) is 108 Å². The van der Waals surface area contributed by atoms with Gasteiger partial charge in [-0.1, -0.05) is 13.0 Å². The predicted octanol–water partition coefficient (Wildman–Crippen LogP) is 6.62. The first-order valence-electron chi connectivity index (χ1n) is 17.5. The summed E-state index contributed by atoms with van der Waals surface area (Å²) >= 11 is 1.54. The van der Waals surface area contributed by atoms with E-state index >= 15 is 4.39 Å². The molecule has 264 valence electrons. The zero-order chi connectivity index (χ0) is 35.6. The van der Waals surface area contributed by atoms with Crippen molar-refractivity contribution in [2.45, 2.75) is 46.5 Å². The molecule has 0 aliphatic carbocycles. The van der Waals surface area contributed by atoms with Gasteiger partial charge in [-0.2, -0.15) is 0 Å². The minimum Gasteiger partial charge on any atom is -0.493 e. The summed E-state index contributed by atoms with van der Waals surface area (Å²) in [6, 6.07) is 9.54. The van der Waals surface area contributed by atoms with Gasteiger partial charge in [-0.3, -0.25) is 14.6 Å². The number of nitrogens with zero attached hydrogens (tertiary/aromatic N) is 6. The summed E-state index contributed by atoms with van der Waals surface area (Å²) in [4.78, 5) is 49.8. The molecular formula is C39H42FN7O3S. The van der Waals surface area contributed by atoms with Gasteiger partial charge in [0.1, 0.15) is 5.69 Å². The van der Waals surface area contributed by atoms with E-state index in [1.807, 2.05) is 54.6 Å². The zero-order valence-electron chi connectivity index (χ0n) is 29.5. The number of nitrogens with one attached hydrogen (secondary N) is 1. The Morgan fingerprint density at radius 3 is 2.55 bits per heavy atom. The van der Waals surface area contributed by atoms with E-state index in [2.05, 4.69) is 37.8 Å². The van der Waals surface area contributed by atoms with Gasteiger partial charge in [0, 0.05) is 97.8 Å². The van der Waals surface area contributed by atoms with Crippen molar-refractivity contribution in [1.82, 2.24) is 29.7 Å². The molecule has 0 atom stereocenters. The van der Waals surface area contributed by atoms with Crippen molar-refractivity contribution < 1.29 is 18.7 Å². The highest BCUT2D eigenvalue weighted by atomic mass is 32.1. The molecule has 1 saturated heterocycles. The van der Waals surface area contributed by atoms with Crippen molar-refractivity contribution in [2.24, 2.45) is 0 Å². The van der Waals surface area contributed by atoms with Gasteiger partial charge in [0.2, 0.25) is 5.91 Å². The Balaban J connectivity index is 1.20. The molecule has 1 aromatic carbocycles. The van der Waals surface area contributed by atoms with Crippen molar-refractivity contribution in [1.29, 1.82) is 0 Å². The molecule has 0 spiro atoms. The van der Waals surface area contributed by atoms with Crippen LogP contribution in [0.25, 0.3) is 27.6 Å². The van der Waals surface area contributed by atoms with Crippen molar-refractivity contribution in [3.8, 4) is 16.9 Å². The van der Waals surface area contributed by atoms with Crippen LogP contribution < -0.4 is 9.64 Å². The Bertz CT molecular complexity index is 2120. The van der Waals surface area contributed by atoms with Gasteiger partial charge in [-0.15, -0.1) is 11.3 Å². The van der Waals surface area contributed by atoms with Crippen molar-refractivity contribution in [3.63, 3.8) is 0 Å². The molecule has 1 fully saturated rings. The monoisotopic (exact) mass is 707 g/mol. The first-order chi connectivity index (χ1) is 24.7. The molecule has 51 heavy (non-hydrogen) atoms. The molecule has 2 aliphatic rings. The van der Waals surface area contributed by atoms with Crippen LogP contribution in [-0.2, 0) is 17.6 Å². The number of carbonyl (C=O) groups is 2. The average molecular weight is 708 g/mol. The van der Waals surface area contributed by atoms with Crippen LogP contribution in [-0.4, -0.2) is 87.9 Å². The van der Waals surface area contributed by atoms with E-state index in [9.17, 15) is 9.59 Å². The lowest BCUT2D eigenvalue weighted by molar-refractivity contribution is -0.130. The van der Waals surface area contributed by atoms with Crippen LogP contribution in [0.3, 0.4) is 0 Å². The Labute approximate surface area is 301 Å². The number of thiazole rings is 1. The van der Waals surface area contributed by atoms with Crippen LogP contribution in [0.2, 0.25) is 0 Å². The highest BCUT2D eigenvalue weighted by Crippen LogP contribution is 2.38. The van der Waals surface area contributed by atoms with E-state index in [0.717, 1.165) is 50.9 Å². The van der Waals surface area contributed by atoms with Crippen molar-refractivity contribution in [3.05, 3.63) is 93.2 Å². The molecule has 7 rings (SSSR count). The average Bonchev–Trinajstić information content (AvgIpc) is 3.85. The Kier molecular flexibility index (Phi) is 9.86. The summed E-state index contributed by atoms with van der Waals surface area (Å²) in [5.74, 6) is 0.871. The van der Waals surface area contributed by atoms with Gasteiger partial charge < -0.3 is 24.4 Å². The number of halogens is 1. The molecule has 0 radical (unpaired) electrons. The summed E-state index contributed by atoms with van der Waals surface area (Å²) in [6.45, 7) is 9.02. The normalized spacial score (nSPS) is 15.0. The SMILES string of the molecule is CCc1cc(C)ncc1-c1cc(C2=CCCN(C(=O)CCc3nccs3)C2)c(F)c2[nH]c(C(=O)N3CCN(c4nc(C)ccc4OC)CC3)cc12. The van der Waals surface area contributed by atoms with Gasteiger partial charge in [0.05, 0.1) is 17.6 Å². The van der Waals surface area contributed by atoms with E-state index in [0.29, 0.717) is 80.9 Å². The number of aromatic amines is 1. The van der Waals surface area contributed by atoms with Crippen LogP contribution in [0, 0.1) is 19.7 Å². The summed E-state index contributed by atoms with van der Waals surface area (Å²) in [6.07, 6.45) is 7.95. The number of aryl methyl sites for hydroxylation is 4. The fourth-order valence-electron chi connectivity index (χ4n) is 7.09. The van der Waals surface area contributed by atoms with Crippen LogP contribution >= 0.6 is 11.3 Å². The number of benzene rings is 1. The number of anilines is 1. The van der Waals surface area contributed by atoms with Gasteiger partial charge >= 0.3 is 0 Å². The second kappa shape index (κ2) is 14.6. The fraction of sp³-hybridized carbons (Fsp3) is 0.359. The molecule has 5 aromatic rings. The fourth-order valence-corrected chi connectivity index (χ4v) is 7.71. The molecule has 0 saturated carbocycles.